The molecule has 1 rings (SSSR count). The van der Waals surface area contributed by atoms with Crippen molar-refractivity contribution in [3.8, 4) is 5.75 Å². The number of ether oxygens (including phenoxy) is 2. The van der Waals surface area contributed by atoms with Gasteiger partial charge in [0.1, 0.15) is 11.4 Å². The zero-order chi connectivity index (χ0) is 18.3. The van der Waals surface area contributed by atoms with Crippen molar-refractivity contribution in [2.45, 2.75) is 59.3 Å². The Kier molecular flexibility index (Phi) is 7.93. The minimum absolute atomic E-state index is 0.0612. The zero-order valence-electron chi connectivity index (χ0n) is 14.4. The SMILES string of the molecule is CCCCN(Cc1ccc(OC(F)F)c(Br)c1)C(=O)OC(C)(C)C. The molecule has 136 valence electrons. The Balaban J connectivity index is 2.86. The lowest BCUT2D eigenvalue weighted by molar-refractivity contribution is -0.0503. The van der Waals surface area contributed by atoms with Crippen LogP contribution in [-0.2, 0) is 11.3 Å². The highest BCUT2D eigenvalue weighted by Crippen LogP contribution is 2.28. The monoisotopic (exact) mass is 407 g/mol. The molecule has 7 heteroatoms. The molecule has 0 aliphatic carbocycles. The van der Waals surface area contributed by atoms with Crippen LogP contribution in [0.3, 0.4) is 0 Å². The Bertz CT molecular complexity index is 547. The van der Waals surface area contributed by atoms with Crippen LogP contribution in [0.1, 0.15) is 46.1 Å². The van der Waals surface area contributed by atoms with E-state index in [4.69, 9.17) is 4.74 Å². The van der Waals surface area contributed by atoms with E-state index >= 15 is 0 Å². The summed E-state index contributed by atoms with van der Waals surface area (Å²) in [6.07, 6.45) is 1.41. The van der Waals surface area contributed by atoms with Gasteiger partial charge >= 0.3 is 12.7 Å². The number of hydrogen-bond donors (Lipinski definition) is 0. The summed E-state index contributed by atoms with van der Waals surface area (Å²) in [5.41, 5.74) is 0.224. The van der Waals surface area contributed by atoms with Gasteiger partial charge in [-0.15, -0.1) is 0 Å². The summed E-state index contributed by atoms with van der Waals surface area (Å²) in [6, 6.07) is 4.78. The number of nitrogens with zero attached hydrogens (tertiary/aromatic N) is 1. The van der Waals surface area contributed by atoms with Crippen LogP contribution in [0.25, 0.3) is 0 Å². The number of carbonyl (C=O) groups is 1. The average Bonchev–Trinajstić information content (AvgIpc) is 2.43. The summed E-state index contributed by atoms with van der Waals surface area (Å²) in [5, 5.41) is 0. The summed E-state index contributed by atoms with van der Waals surface area (Å²) in [4.78, 5) is 13.9. The number of amides is 1. The normalized spacial score (nSPS) is 11.5. The zero-order valence-corrected chi connectivity index (χ0v) is 16.0. The van der Waals surface area contributed by atoms with Gasteiger partial charge in [-0.3, -0.25) is 0 Å². The van der Waals surface area contributed by atoms with Crippen molar-refractivity contribution in [3.63, 3.8) is 0 Å². The van der Waals surface area contributed by atoms with Gasteiger partial charge in [-0.25, -0.2) is 4.79 Å². The number of carbonyl (C=O) groups excluding carboxylic acids is 1. The van der Waals surface area contributed by atoms with Gasteiger partial charge in [0.2, 0.25) is 0 Å². The van der Waals surface area contributed by atoms with E-state index in [1.807, 2.05) is 27.7 Å². The van der Waals surface area contributed by atoms with Crippen LogP contribution in [0.5, 0.6) is 5.75 Å². The lowest BCUT2D eigenvalue weighted by Gasteiger charge is -2.27. The number of unbranched alkanes of at least 4 members (excludes halogenated alkanes) is 1. The van der Waals surface area contributed by atoms with E-state index in [-0.39, 0.29) is 11.8 Å². The average molecular weight is 408 g/mol. The summed E-state index contributed by atoms with van der Waals surface area (Å²) in [5.74, 6) is 0.0612. The van der Waals surface area contributed by atoms with E-state index in [9.17, 15) is 13.6 Å². The van der Waals surface area contributed by atoms with Crippen LogP contribution in [0.15, 0.2) is 22.7 Å². The third-order valence-electron chi connectivity index (χ3n) is 3.02. The maximum absolute atomic E-state index is 12.3. The molecule has 0 aliphatic heterocycles. The van der Waals surface area contributed by atoms with Crippen molar-refractivity contribution in [3.05, 3.63) is 28.2 Å². The summed E-state index contributed by atoms with van der Waals surface area (Å²) in [7, 11) is 0. The fraction of sp³-hybridized carbons (Fsp3) is 0.588. The predicted octanol–water partition coefficient (Wildman–Crippen LogP) is 5.59. The quantitative estimate of drug-likeness (QED) is 0.591. The molecule has 1 aromatic rings. The fourth-order valence-electron chi connectivity index (χ4n) is 1.96. The first-order valence-corrected chi connectivity index (χ1v) is 8.63. The van der Waals surface area contributed by atoms with Crippen molar-refractivity contribution in [2.24, 2.45) is 0 Å². The standard InChI is InChI=1S/C17H24BrF2NO3/c1-5-6-9-21(16(22)24-17(2,3)4)11-12-7-8-14(13(18)10-12)23-15(19)20/h7-8,10,15H,5-6,9,11H2,1-4H3. The fourth-order valence-corrected chi connectivity index (χ4v) is 2.48. The van der Waals surface area contributed by atoms with Crippen LogP contribution in [-0.4, -0.2) is 29.8 Å². The number of halogens is 3. The first-order chi connectivity index (χ1) is 11.1. The van der Waals surface area contributed by atoms with Crippen molar-refractivity contribution >= 4 is 22.0 Å². The van der Waals surface area contributed by atoms with Crippen molar-refractivity contribution < 1.29 is 23.0 Å². The van der Waals surface area contributed by atoms with E-state index < -0.39 is 12.2 Å². The molecule has 0 saturated heterocycles. The molecule has 4 nitrogen and oxygen atoms in total. The van der Waals surface area contributed by atoms with E-state index in [0.29, 0.717) is 17.6 Å². The van der Waals surface area contributed by atoms with Crippen molar-refractivity contribution in [2.75, 3.05) is 6.54 Å². The van der Waals surface area contributed by atoms with Crippen LogP contribution in [0.2, 0.25) is 0 Å². The summed E-state index contributed by atoms with van der Waals surface area (Å²) in [6.45, 7) is 5.51. The highest BCUT2D eigenvalue weighted by atomic mass is 79.9. The van der Waals surface area contributed by atoms with E-state index in [0.717, 1.165) is 18.4 Å². The third-order valence-corrected chi connectivity index (χ3v) is 3.64. The van der Waals surface area contributed by atoms with E-state index in [2.05, 4.69) is 20.7 Å². The van der Waals surface area contributed by atoms with Crippen molar-refractivity contribution in [1.82, 2.24) is 4.90 Å². The first-order valence-electron chi connectivity index (χ1n) is 7.83. The highest BCUT2D eigenvalue weighted by Gasteiger charge is 2.22. The highest BCUT2D eigenvalue weighted by molar-refractivity contribution is 9.10. The van der Waals surface area contributed by atoms with Crippen molar-refractivity contribution in [1.29, 1.82) is 0 Å². The predicted molar refractivity (Wildman–Crippen MR) is 92.3 cm³/mol. The topological polar surface area (TPSA) is 38.8 Å². The second-order valence-electron chi connectivity index (χ2n) is 6.40. The Morgan fingerprint density at radius 3 is 2.50 bits per heavy atom. The summed E-state index contributed by atoms with van der Waals surface area (Å²) < 4.78 is 34.8. The number of alkyl halides is 2. The van der Waals surface area contributed by atoms with E-state index in [1.165, 1.54) is 6.07 Å². The molecule has 0 bridgehead atoms. The molecule has 0 heterocycles. The molecule has 1 aromatic carbocycles. The Morgan fingerprint density at radius 2 is 2.00 bits per heavy atom. The molecular weight excluding hydrogens is 384 g/mol. The molecule has 0 saturated carbocycles. The van der Waals surface area contributed by atoms with Gasteiger partial charge in [-0.1, -0.05) is 19.4 Å². The van der Waals surface area contributed by atoms with Gasteiger partial charge in [-0.05, 0) is 60.8 Å². The molecule has 0 N–H and O–H groups in total. The lowest BCUT2D eigenvalue weighted by Crippen LogP contribution is -2.37. The summed E-state index contributed by atoms with van der Waals surface area (Å²) >= 11 is 3.21. The molecule has 0 aromatic heterocycles. The number of rotatable bonds is 7. The Morgan fingerprint density at radius 1 is 1.33 bits per heavy atom. The Hall–Kier alpha value is -1.37. The van der Waals surface area contributed by atoms with Crippen LogP contribution >= 0.6 is 15.9 Å². The third kappa shape index (κ3) is 7.47. The minimum atomic E-state index is -2.88. The first kappa shape index (κ1) is 20.7. The molecule has 0 radical (unpaired) electrons. The lowest BCUT2D eigenvalue weighted by atomic mass is 10.2. The molecule has 0 spiro atoms. The van der Waals surface area contributed by atoms with Crippen LogP contribution < -0.4 is 4.74 Å². The molecule has 0 fully saturated rings. The van der Waals surface area contributed by atoms with Gasteiger partial charge in [0.05, 0.1) is 4.47 Å². The van der Waals surface area contributed by atoms with Crippen LogP contribution in [0.4, 0.5) is 13.6 Å². The Labute approximate surface area is 150 Å². The van der Waals surface area contributed by atoms with Crippen LogP contribution in [0, 0.1) is 0 Å². The molecule has 24 heavy (non-hydrogen) atoms. The second kappa shape index (κ2) is 9.20. The molecular formula is C17H24BrF2NO3. The molecule has 0 unspecified atom stereocenters. The maximum Gasteiger partial charge on any atom is 0.410 e. The smallest absolute Gasteiger partial charge is 0.410 e. The second-order valence-corrected chi connectivity index (χ2v) is 7.25. The molecule has 0 aliphatic rings. The maximum atomic E-state index is 12.3. The molecule has 1 amide bonds. The van der Waals surface area contributed by atoms with Gasteiger partial charge in [-0.2, -0.15) is 8.78 Å². The van der Waals surface area contributed by atoms with Gasteiger partial charge in [0.15, 0.2) is 0 Å². The molecule has 0 atom stereocenters. The van der Waals surface area contributed by atoms with Gasteiger partial charge in [0, 0.05) is 13.1 Å². The number of benzene rings is 1. The van der Waals surface area contributed by atoms with Gasteiger partial charge in [0.25, 0.3) is 0 Å². The van der Waals surface area contributed by atoms with Gasteiger partial charge < -0.3 is 14.4 Å². The van der Waals surface area contributed by atoms with E-state index in [1.54, 1.807) is 17.0 Å². The minimum Gasteiger partial charge on any atom is -0.444 e. The largest absolute Gasteiger partial charge is 0.444 e. The number of hydrogen-bond acceptors (Lipinski definition) is 3.